The molecular weight excluding hydrogens is 572 g/mol. The van der Waals surface area contributed by atoms with Crippen LogP contribution >= 0.6 is 0 Å². The minimum atomic E-state index is -0.527. The van der Waals surface area contributed by atoms with Crippen molar-refractivity contribution in [3.05, 3.63) is 180 Å². The van der Waals surface area contributed by atoms with E-state index in [2.05, 4.69) is 152 Å². The quantitative estimate of drug-likeness (QED) is 0.170. The highest BCUT2D eigenvalue weighted by Crippen LogP contribution is 2.42. The molecule has 0 N–H and O–H groups in total. The van der Waals surface area contributed by atoms with E-state index in [1.165, 1.54) is 5.56 Å². The minimum absolute atomic E-state index is 0.527. The zero-order valence-corrected chi connectivity index (χ0v) is 26.1. The van der Waals surface area contributed by atoms with Crippen molar-refractivity contribution in [1.82, 2.24) is 4.98 Å². The molecule has 3 heteroatoms. The fourth-order valence-corrected chi connectivity index (χ4v) is 6.68. The number of rotatable bonds is 7. The van der Waals surface area contributed by atoms with Gasteiger partial charge in [0, 0.05) is 21.8 Å². The van der Waals surface area contributed by atoms with E-state index in [9.17, 15) is 0 Å². The van der Waals surface area contributed by atoms with Crippen LogP contribution in [0.3, 0.4) is 0 Å². The molecule has 0 amide bonds. The van der Waals surface area contributed by atoms with E-state index in [-0.39, 0.29) is 0 Å². The Kier molecular flexibility index (Phi) is 7.08. The smallest absolute Gasteiger partial charge is 0.147 e. The Bertz CT molecular complexity index is 2420. The SMILES string of the molecule is C=N/C(=C\C(C)(c1ccccc1)c1cccc(-c2nc3ccccc3c3oc4ccccc4c23)c1)c1ccc(-c2ccccc2)cc1. The number of nitrogens with zero attached hydrogens (tertiary/aromatic N) is 2. The molecule has 0 spiro atoms. The highest BCUT2D eigenvalue weighted by molar-refractivity contribution is 6.19. The van der Waals surface area contributed by atoms with Crippen molar-refractivity contribution in [1.29, 1.82) is 0 Å². The average molecular weight is 605 g/mol. The molecule has 3 nitrogen and oxygen atoms in total. The fraction of sp³-hybridized carbons (Fsp3) is 0.0455. The van der Waals surface area contributed by atoms with Crippen LogP contribution in [0, 0.1) is 0 Å². The number of allylic oxidation sites excluding steroid dienone is 1. The van der Waals surface area contributed by atoms with E-state index >= 15 is 0 Å². The lowest BCUT2D eigenvalue weighted by molar-refractivity contribution is 0.672. The van der Waals surface area contributed by atoms with Crippen LogP contribution in [0.15, 0.2) is 173 Å². The Balaban J connectivity index is 1.30. The first-order valence-electron chi connectivity index (χ1n) is 15.8. The molecule has 0 radical (unpaired) electrons. The maximum atomic E-state index is 6.48. The lowest BCUT2D eigenvalue weighted by Crippen LogP contribution is -2.21. The number of pyridine rings is 1. The summed E-state index contributed by atoms with van der Waals surface area (Å²) < 4.78 is 6.48. The van der Waals surface area contributed by atoms with Gasteiger partial charge in [0.05, 0.1) is 22.3 Å². The molecule has 0 aliphatic rings. The monoisotopic (exact) mass is 604 g/mol. The molecule has 47 heavy (non-hydrogen) atoms. The van der Waals surface area contributed by atoms with Gasteiger partial charge < -0.3 is 4.42 Å². The number of aromatic nitrogens is 1. The van der Waals surface area contributed by atoms with E-state index in [0.29, 0.717) is 0 Å². The number of benzene rings is 6. The van der Waals surface area contributed by atoms with Crippen LogP contribution in [0.2, 0.25) is 0 Å². The normalized spacial score (nSPS) is 13.2. The van der Waals surface area contributed by atoms with Gasteiger partial charge in [-0.3, -0.25) is 4.99 Å². The van der Waals surface area contributed by atoms with Gasteiger partial charge in [-0.25, -0.2) is 4.98 Å². The topological polar surface area (TPSA) is 38.4 Å². The summed E-state index contributed by atoms with van der Waals surface area (Å²) >= 11 is 0. The average Bonchev–Trinajstić information content (AvgIpc) is 3.54. The van der Waals surface area contributed by atoms with Gasteiger partial charge in [0.2, 0.25) is 0 Å². The van der Waals surface area contributed by atoms with Gasteiger partial charge in [-0.1, -0.05) is 133 Å². The zero-order chi connectivity index (χ0) is 31.8. The van der Waals surface area contributed by atoms with Gasteiger partial charge in [0.15, 0.2) is 0 Å². The van der Waals surface area contributed by atoms with Gasteiger partial charge in [0.1, 0.15) is 11.2 Å². The molecule has 2 heterocycles. The molecule has 1 atom stereocenters. The van der Waals surface area contributed by atoms with Crippen molar-refractivity contribution in [3.8, 4) is 22.4 Å². The minimum Gasteiger partial charge on any atom is -0.455 e. The molecule has 224 valence electrons. The number of aliphatic imine (C=N–C) groups is 1. The van der Waals surface area contributed by atoms with Crippen molar-refractivity contribution < 1.29 is 4.42 Å². The molecule has 0 aliphatic carbocycles. The molecule has 6 aromatic carbocycles. The van der Waals surface area contributed by atoms with Crippen molar-refractivity contribution >= 4 is 45.3 Å². The van der Waals surface area contributed by atoms with E-state index < -0.39 is 5.41 Å². The zero-order valence-electron chi connectivity index (χ0n) is 26.1. The standard InChI is InChI=1S/C44H32N2O/c1-44(34-17-7-4-8-18-34,29-39(45-2)32-26-24-31(25-27-32)30-14-5-3-6-15-30)35-19-13-16-33(28-35)42-41-37-21-10-12-23-40(37)47-43(41)36-20-9-11-22-38(36)46-42/h3-29H,2H2,1H3/b39-29-. The summed E-state index contributed by atoms with van der Waals surface area (Å²) in [6, 6.07) is 54.7. The molecule has 0 saturated heterocycles. The maximum absolute atomic E-state index is 6.48. The van der Waals surface area contributed by atoms with Crippen molar-refractivity contribution in [2.24, 2.45) is 4.99 Å². The van der Waals surface area contributed by atoms with Crippen LogP contribution in [0.5, 0.6) is 0 Å². The molecule has 1 unspecified atom stereocenters. The molecule has 0 aliphatic heterocycles. The van der Waals surface area contributed by atoms with Crippen LogP contribution in [-0.4, -0.2) is 11.7 Å². The molecule has 8 rings (SSSR count). The number of furan rings is 1. The van der Waals surface area contributed by atoms with Crippen LogP contribution in [-0.2, 0) is 5.41 Å². The third-order valence-corrected chi connectivity index (χ3v) is 9.21. The largest absolute Gasteiger partial charge is 0.455 e. The predicted octanol–water partition coefficient (Wildman–Crippen LogP) is 11.5. The summed E-state index contributed by atoms with van der Waals surface area (Å²) in [6.07, 6.45) is 2.24. The summed E-state index contributed by atoms with van der Waals surface area (Å²) in [6.45, 7) is 6.25. The lowest BCUT2D eigenvalue weighted by atomic mass is 9.74. The third-order valence-electron chi connectivity index (χ3n) is 9.21. The first-order valence-corrected chi connectivity index (χ1v) is 15.8. The second-order valence-corrected chi connectivity index (χ2v) is 12.1. The number of para-hydroxylation sites is 2. The number of hydrogen-bond acceptors (Lipinski definition) is 3. The highest BCUT2D eigenvalue weighted by Gasteiger charge is 2.29. The molecular formula is C44H32N2O. The number of hydrogen-bond donors (Lipinski definition) is 0. The van der Waals surface area contributed by atoms with Gasteiger partial charge in [-0.05, 0) is 71.8 Å². The Hall–Kier alpha value is -6.06. The van der Waals surface area contributed by atoms with Gasteiger partial charge in [-0.15, -0.1) is 0 Å². The highest BCUT2D eigenvalue weighted by atomic mass is 16.3. The van der Waals surface area contributed by atoms with E-state index in [4.69, 9.17) is 9.40 Å². The summed E-state index contributed by atoms with van der Waals surface area (Å²) in [5.41, 5.74) is 10.5. The van der Waals surface area contributed by atoms with Crippen LogP contribution in [0.25, 0.3) is 60.9 Å². The Morgan fingerprint density at radius 1 is 0.638 bits per heavy atom. The summed E-state index contributed by atoms with van der Waals surface area (Å²) in [4.78, 5) is 9.81. The summed E-state index contributed by atoms with van der Waals surface area (Å²) in [7, 11) is 0. The molecule has 0 bridgehead atoms. The molecule has 8 aromatic rings. The van der Waals surface area contributed by atoms with Crippen LogP contribution in [0.1, 0.15) is 23.6 Å². The van der Waals surface area contributed by atoms with Crippen molar-refractivity contribution in [2.45, 2.75) is 12.3 Å². The van der Waals surface area contributed by atoms with E-state index in [0.717, 1.165) is 72.0 Å². The first kappa shape index (κ1) is 28.4. The van der Waals surface area contributed by atoms with Crippen LogP contribution in [0.4, 0.5) is 0 Å². The molecule has 2 aromatic heterocycles. The van der Waals surface area contributed by atoms with E-state index in [1.807, 2.05) is 30.3 Å². The third kappa shape index (κ3) is 5.03. The second-order valence-electron chi connectivity index (χ2n) is 12.1. The summed E-state index contributed by atoms with van der Waals surface area (Å²) in [5.74, 6) is 0. The lowest BCUT2D eigenvalue weighted by Gasteiger charge is -2.29. The first-order chi connectivity index (χ1) is 23.1. The Morgan fingerprint density at radius 3 is 2.02 bits per heavy atom. The molecule has 0 saturated carbocycles. The van der Waals surface area contributed by atoms with E-state index in [1.54, 1.807) is 0 Å². The van der Waals surface area contributed by atoms with Gasteiger partial charge >= 0.3 is 0 Å². The Labute approximate surface area is 274 Å². The van der Waals surface area contributed by atoms with Crippen molar-refractivity contribution in [3.63, 3.8) is 0 Å². The molecule has 0 fully saturated rings. The van der Waals surface area contributed by atoms with Gasteiger partial charge in [0.25, 0.3) is 0 Å². The Morgan fingerprint density at radius 2 is 1.26 bits per heavy atom. The predicted molar refractivity (Wildman–Crippen MR) is 197 cm³/mol. The second kappa shape index (κ2) is 11.7. The maximum Gasteiger partial charge on any atom is 0.147 e. The van der Waals surface area contributed by atoms with Gasteiger partial charge in [-0.2, -0.15) is 0 Å². The number of fused-ring (bicyclic) bond motifs is 5. The van der Waals surface area contributed by atoms with Crippen molar-refractivity contribution in [2.75, 3.05) is 0 Å². The fourth-order valence-electron chi connectivity index (χ4n) is 6.68. The van der Waals surface area contributed by atoms with Crippen LogP contribution < -0.4 is 0 Å². The summed E-state index contributed by atoms with van der Waals surface area (Å²) in [5, 5.41) is 3.10.